The lowest BCUT2D eigenvalue weighted by Crippen LogP contribution is -2.49. The Bertz CT molecular complexity index is 1420. The molecule has 190 valence electrons. The van der Waals surface area contributed by atoms with E-state index in [1.165, 1.54) is 12.7 Å². The highest BCUT2D eigenvalue weighted by molar-refractivity contribution is 6.06. The smallest absolute Gasteiger partial charge is 0.254 e. The van der Waals surface area contributed by atoms with Crippen molar-refractivity contribution in [2.45, 2.75) is 6.04 Å². The second kappa shape index (κ2) is 10.5. The van der Waals surface area contributed by atoms with Crippen LogP contribution in [0.4, 0.5) is 5.69 Å². The number of pyridine rings is 1. The van der Waals surface area contributed by atoms with Crippen molar-refractivity contribution >= 4 is 28.5 Å². The summed E-state index contributed by atoms with van der Waals surface area (Å²) in [6.07, 6.45) is 3.45. The summed E-state index contributed by atoms with van der Waals surface area (Å²) in [5.41, 5.74) is 4.35. The topological polar surface area (TPSA) is 92.6 Å². The number of aryl methyl sites for hydroxylation is 1. The molecule has 3 heterocycles. The minimum absolute atomic E-state index is 0.0910. The number of anilines is 1. The van der Waals surface area contributed by atoms with Gasteiger partial charge in [-0.15, -0.1) is 0 Å². The normalized spacial score (nSPS) is 16.2. The molecule has 1 saturated heterocycles. The van der Waals surface area contributed by atoms with Crippen LogP contribution in [0, 0.1) is 0 Å². The zero-order valence-corrected chi connectivity index (χ0v) is 21.2. The molecule has 1 fully saturated rings. The summed E-state index contributed by atoms with van der Waals surface area (Å²) in [5.74, 6) is 0.298. The molecule has 9 heteroatoms. The molecule has 1 N–H and O–H groups in total. The van der Waals surface area contributed by atoms with Crippen LogP contribution >= 0.6 is 0 Å². The van der Waals surface area contributed by atoms with E-state index < -0.39 is 0 Å². The van der Waals surface area contributed by atoms with Gasteiger partial charge in [0.1, 0.15) is 12.4 Å². The van der Waals surface area contributed by atoms with Crippen LogP contribution in [0.3, 0.4) is 0 Å². The van der Waals surface area contributed by atoms with Crippen molar-refractivity contribution in [3.05, 3.63) is 78.1 Å². The maximum absolute atomic E-state index is 13.8. The van der Waals surface area contributed by atoms with E-state index in [1.54, 1.807) is 24.5 Å². The number of nitrogens with zero attached hydrogens (tertiary/aromatic N) is 5. The van der Waals surface area contributed by atoms with Crippen molar-refractivity contribution in [3.63, 3.8) is 0 Å². The standard InChI is InChI=1S/C28H30N6O3/c1-32-12-13-34(17-24(32)19-8-5-4-6-9-19)28(36)21-14-22(30-25(35)18-37-3)26-23(15-21)31-27(33(26)2)20-10-7-11-29-16-20/h4-11,14-16,24H,12-13,17-18H2,1-3H3,(H,30,35)/t24-/m1/s1. The number of amides is 2. The number of ether oxygens (including phenoxy) is 1. The molecule has 0 spiro atoms. The van der Waals surface area contributed by atoms with Gasteiger partial charge < -0.3 is 19.5 Å². The number of fused-ring (bicyclic) bond motifs is 1. The molecule has 5 rings (SSSR count). The molecule has 2 aromatic heterocycles. The van der Waals surface area contributed by atoms with Crippen molar-refractivity contribution in [1.82, 2.24) is 24.3 Å². The molecule has 0 bridgehead atoms. The third-order valence-electron chi connectivity index (χ3n) is 6.81. The monoisotopic (exact) mass is 498 g/mol. The number of imidazole rings is 1. The largest absolute Gasteiger partial charge is 0.375 e. The fraction of sp³-hybridized carbons (Fsp3) is 0.286. The maximum Gasteiger partial charge on any atom is 0.254 e. The van der Waals surface area contributed by atoms with Gasteiger partial charge >= 0.3 is 0 Å². The Hall–Kier alpha value is -4.08. The van der Waals surface area contributed by atoms with Crippen LogP contribution in [0.5, 0.6) is 0 Å². The predicted molar refractivity (Wildman–Crippen MR) is 142 cm³/mol. The summed E-state index contributed by atoms with van der Waals surface area (Å²) in [6.45, 7) is 1.86. The van der Waals surface area contributed by atoms with Crippen LogP contribution in [0.15, 0.2) is 67.0 Å². The highest BCUT2D eigenvalue weighted by atomic mass is 16.5. The average Bonchev–Trinajstić information content (AvgIpc) is 3.26. The van der Waals surface area contributed by atoms with E-state index in [1.807, 2.05) is 46.8 Å². The minimum atomic E-state index is -0.304. The molecule has 0 radical (unpaired) electrons. The quantitative estimate of drug-likeness (QED) is 0.438. The van der Waals surface area contributed by atoms with E-state index in [0.717, 1.165) is 17.6 Å². The number of methoxy groups -OCH3 is 1. The second-order valence-corrected chi connectivity index (χ2v) is 9.27. The summed E-state index contributed by atoms with van der Waals surface area (Å²) in [6, 6.07) is 17.7. The van der Waals surface area contributed by atoms with E-state index in [-0.39, 0.29) is 24.5 Å². The number of benzene rings is 2. The van der Waals surface area contributed by atoms with Gasteiger partial charge in [-0.2, -0.15) is 0 Å². The van der Waals surface area contributed by atoms with Crippen molar-refractivity contribution in [3.8, 4) is 11.4 Å². The van der Waals surface area contributed by atoms with Gasteiger partial charge in [-0.05, 0) is 36.9 Å². The third-order valence-corrected chi connectivity index (χ3v) is 6.81. The SMILES string of the molecule is COCC(=O)Nc1cc(C(=O)N2CCN(C)[C@@H](c3ccccc3)C2)cc2nc(-c3cccnc3)n(C)c12. The lowest BCUT2D eigenvalue weighted by atomic mass is 10.0. The summed E-state index contributed by atoms with van der Waals surface area (Å²) in [5, 5.41) is 2.91. The zero-order chi connectivity index (χ0) is 25.9. The van der Waals surface area contributed by atoms with Crippen LogP contribution < -0.4 is 5.32 Å². The van der Waals surface area contributed by atoms with Crippen molar-refractivity contribution < 1.29 is 14.3 Å². The first-order chi connectivity index (χ1) is 18.0. The number of carbonyl (C=O) groups is 2. The number of piperazine rings is 1. The first-order valence-electron chi connectivity index (χ1n) is 12.2. The van der Waals surface area contributed by atoms with Crippen molar-refractivity contribution in [2.24, 2.45) is 7.05 Å². The van der Waals surface area contributed by atoms with Gasteiger partial charge in [0.05, 0.1) is 22.8 Å². The van der Waals surface area contributed by atoms with Gasteiger partial charge in [-0.3, -0.25) is 19.5 Å². The molecule has 4 aromatic rings. The van der Waals surface area contributed by atoms with E-state index in [9.17, 15) is 9.59 Å². The second-order valence-electron chi connectivity index (χ2n) is 9.27. The molecule has 2 aromatic carbocycles. The average molecular weight is 499 g/mol. The summed E-state index contributed by atoms with van der Waals surface area (Å²) in [4.78, 5) is 39.4. The molecule has 2 amide bonds. The van der Waals surface area contributed by atoms with Crippen LogP contribution in [-0.4, -0.2) is 76.5 Å². The summed E-state index contributed by atoms with van der Waals surface area (Å²) < 4.78 is 6.91. The fourth-order valence-electron chi connectivity index (χ4n) is 4.92. The van der Waals surface area contributed by atoms with E-state index >= 15 is 0 Å². The lowest BCUT2D eigenvalue weighted by Gasteiger charge is -2.39. The van der Waals surface area contributed by atoms with E-state index in [0.29, 0.717) is 35.7 Å². The van der Waals surface area contributed by atoms with Gasteiger partial charge in [-0.1, -0.05) is 30.3 Å². The Balaban J connectivity index is 1.53. The number of nitrogens with one attached hydrogen (secondary N) is 1. The number of hydrogen-bond donors (Lipinski definition) is 1. The number of likely N-dealkylation sites (N-methyl/N-ethyl adjacent to an activating group) is 1. The highest BCUT2D eigenvalue weighted by Gasteiger charge is 2.30. The Morgan fingerprint density at radius 1 is 1.08 bits per heavy atom. The summed E-state index contributed by atoms with van der Waals surface area (Å²) >= 11 is 0. The number of aromatic nitrogens is 3. The van der Waals surface area contributed by atoms with Crippen molar-refractivity contribution in [2.75, 3.05) is 45.7 Å². The number of hydrogen-bond acceptors (Lipinski definition) is 6. The summed E-state index contributed by atoms with van der Waals surface area (Å²) in [7, 11) is 5.44. The number of carbonyl (C=O) groups excluding carboxylic acids is 2. The molecule has 37 heavy (non-hydrogen) atoms. The third kappa shape index (κ3) is 4.96. The van der Waals surface area contributed by atoms with Gasteiger partial charge in [-0.25, -0.2) is 4.98 Å². The van der Waals surface area contributed by atoms with Crippen LogP contribution in [0.25, 0.3) is 22.4 Å². The molecule has 9 nitrogen and oxygen atoms in total. The van der Waals surface area contributed by atoms with E-state index in [2.05, 4.69) is 34.4 Å². The predicted octanol–water partition coefficient (Wildman–Crippen LogP) is 3.35. The van der Waals surface area contributed by atoms with Gasteiger partial charge in [0.25, 0.3) is 5.91 Å². The zero-order valence-electron chi connectivity index (χ0n) is 21.2. The molecule has 0 saturated carbocycles. The molecular weight excluding hydrogens is 468 g/mol. The van der Waals surface area contributed by atoms with Gasteiger partial charge in [0.2, 0.25) is 5.91 Å². The highest BCUT2D eigenvalue weighted by Crippen LogP contribution is 2.31. The van der Waals surface area contributed by atoms with Gasteiger partial charge in [0.15, 0.2) is 0 Å². The Morgan fingerprint density at radius 3 is 2.62 bits per heavy atom. The Labute approximate surface area is 215 Å². The van der Waals surface area contributed by atoms with Crippen LogP contribution in [0.2, 0.25) is 0 Å². The maximum atomic E-state index is 13.8. The van der Waals surface area contributed by atoms with Crippen LogP contribution in [-0.2, 0) is 16.6 Å². The molecule has 0 aliphatic carbocycles. The molecular formula is C28H30N6O3. The van der Waals surface area contributed by atoms with Crippen molar-refractivity contribution in [1.29, 1.82) is 0 Å². The minimum Gasteiger partial charge on any atom is -0.375 e. The Kier molecular flexibility index (Phi) is 6.98. The van der Waals surface area contributed by atoms with Gasteiger partial charge in [0, 0.05) is 57.3 Å². The first-order valence-corrected chi connectivity index (χ1v) is 12.2. The fourth-order valence-corrected chi connectivity index (χ4v) is 4.92. The van der Waals surface area contributed by atoms with Crippen LogP contribution in [0.1, 0.15) is 22.0 Å². The number of rotatable bonds is 6. The van der Waals surface area contributed by atoms with E-state index in [4.69, 9.17) is 9.72 Å². The molecule has 0 unspecified atom stereocenters. The molecule has 1 atom stereocenters. The molecule has 1 aliphatic rings. The molecule has 1 aliphatic heterocycles. The lowest BCUT2D eigenvalue weighted by molar-refractivity contribution is -0.119. The Morgan fingerprint density at radius 2 is 1.89 bits per heavy atom. The first kappa shape index (κ1) is 24.6.